The Labute approximate surface area is 120 Å². The lowest BCUT2D eigenvalue weighted by Gasteiger charge is -2.21. The van der Waals surface area contributed by atoms with E-state index in [1.165, 1.54) is 11.1 Å². The quantitative estimate of drug-likeness (QED) is 0.840. The second-order valence-electron chi connectivity index (χ2n) is 5.27. The largest absolute Gasteiger partial charge is 0.492 e. The van der Waals surface area contributed by atoms with Crippen molar-refractivity contribution in [2.24, 2.45) is 5.92 Å². The minimum absolute atomic E-state index is 0.102. The number of carbonyl (C=O) groups is 1. The number of benzene rings is 1. The Morgan fingerprint density at radius 3 is 2.75 bits per heavy atom. The smallest absolute Gasteiger partial charge is 0.223 e. The minimum Gasteiger partial charge on any atom is -0.492 e. The molecule has 0 aliphatic carbocycles. The van der Waals surface area contributed by atoms with Crippen molar-refractivity contribution in [2.45, 2.75) is 26.7 Å². The van der Waals surface area contributed by atoms with Gasteiger partial charge in [0.05, 0.1) is 6.54 Å². The highest BCUT2D eigenvalue weighted by Gasteiger charge is 2.20. The van der Waals surface area contributed by atoms with Crippen LogP contribution in [0.15, 0.2) is 18.2 Å². The zero-order valence-electron chi connectivity index (χ0n) is 12.3. The molecule has 1 aromatic rings. The molecule has 0 bridgehead atoms. The van der Waals surface area contributed by atoms with Crippen LogP contribution in [-0.2, 0) is 9.53 Å². The summed E-state index contributed by atoms with van der Waals surface area (Å²) in [5.41, 5.74) is 2.47. The molecule has 1 heterocycles. The summed E-state index contributed by atoms with van der Waals surface area (Å²) in [6.07, 6.45) is 1.65. The Bertz CT molecular complexity index is 453. The molecule has 4 heteroatoms. The van der Waals surface area contributed by atoms with Crippen LogP contribution >= 0.6 is 0 Å². The predicted molar refractivity (Wildman–Crippen MR) is 78.0 cm³/mol. The molecule has 1 N–H and O–H groups in total. The Morgan fingerprint density at radius 1 is 1.30 bits per heavy atom. The Hall–Kier alpha value is -1.55. The summed E-state index contributed by atoms with van der Waals surface area (Å²) >= 11 is 0. The first kappa shape index (κ1) is 14.9. The number of hydrogen-bond donors (Lipinski definition) is 1. The molecule has 0 radical (unpaired) electrons. The summed E-state index contributed by atoms with van der Waals surface area (Å²) in [6.45, 7) is 6.57. The molecule has 0 atom stereocenters. The van der Waals surface area contributed by atoms with Gasteiger partial charge in [0.2, 0.25) is 5.91 Å². The maximum Gasteiger partial charge on any atom is 0.223 e. The third kappa shape index (κ3) is 4.23. The van der Waals surface area contributed by atoms with E-state index in [1.807, 2.05) is 18.2 Å². The fourth-order valence-corrected chi connectivity index (χ4v) is 2.25. The van der Waals surface area contributed by atoms with Crippen LogP contribution in [0.5, 0.6) is 5.75 Å². The molecule has 0 aromatic heterocycles. The van der Waals surface area contributed by atoms with E-state index in [1.54, 1.807) is 0 Å². The summed E-state index contributed by atoms with van der Waals surface area (Å²) in [5.74, 6) is 1.08. The maximum absolute atomic E-state index is 11.9. The number of rotatable bonds is 5. The molecule has 0 saturated carbocycles. The molecule has 1 amide bonds. The average molecular weight is 277 g/mol. The van der Waals surface area contributed by atoms with E-state index in [0.29, 0.717) is 26.4 Å². The molecule has 110 valence electrons. The molecule has 1 aliphatic rings. The molecule has 1 saturated heterocycles. The highest BCUT2D eigenvalue weighted by atomic mass is 16.5. The van der Waals surface area contributed by atoms with Crippen LogP contribution in [0.25, 0.3) is 0 Å². The molecule has 0 unspecified atom stereocenters. The van der Waals surface area contributed by atoms with E-state index in [2.05, 4.69) is 19.2 Å². The van der Waals surface area contributed by atoms with Gasteiger partial charge >= 0.3 is 0 Å². The lowest BCUT2D eigenvalue weighted by atomic mass is 9.99. The summed E-state index contributed by atoms with van der Waals surface area (Å²) in [5, 5.41) is 2.93. The molecular weight excluding hydrogens is 254 g/mol. The lowest BCUT2D eigenvalue weighted by molar-refractivity contribution is -0.127. The van der Waals surface area contributed by atoms with Gasteiger partial charge in [-0.15, -0.1) is 0 Å². The Kier molecular flexibility index (Phi) is 5.41. The van der Waals surface area contributed by atoms with E-state index in [-0.39, 0.29) is 11.8 Å². The number of ether oxygens (including phenoxy) is 2. The maximum atomic E-state index is 11.9. The zero-order valence-corrected chi connectivity index (χ0v) is 12.3. The molecule has 20 heavy (non-hydrogen) atoms. The molecule has 2 rings (SSSR count). The van der Waals surface area contributed by atoms with E-state index >= 15 is 0 Å². The van der Waals surface area contributed by atoms with Crippen LogP contribution in [0.4, 0.5) is 0 Å². The first-order valence-corrected chi connectivity index (χ1v) is 7.22. The first-order valence-electron chi connectivity index (χ1n) is 7.22. The third-order valence-corrected chi connectivity index (χ3v) is 3.74. The van der Waals surface area contributed by atoms with Gasteiger partial charge in [-0.2, -0.15) is 0 Å². The molecule has 1 fully saturated rings. The second kappa shape index (κ2) is 7.29. The highest BCUT2D eigenvalue weighted by molar-refractivity contribution is 5.78. The van der Waals surface area contributed by atoms with Crippen LogP contribution < -0.4 is 10.1 Å². The zero-order chi connectivity index (χ0) is 14.4. The number of hydrogen-bond acceptors (Lipinski definition) is 3. The van der Waals surface area contributed by atoms with Crippen LogP contribution in [0.1, 0.15) is 24.0 Å². The van der Waals surface area contributed by atoms with Crippen molar-refractivity contribution < 1.29 is 14.3 Å². The molecular formula is C16H23NO3. The second-order valence-corrected chi connectivity index (χ2v) is 5.27. The molecule has 1 aliphatic heterocycles. The van der Waals surface area contributed by atoms with Gasteiger partial charge in [-0.1, -0.05) is 6.07 Å². The topological polar surface area (TPSA) is 47.6 Å². The van der Waals surface area contributed by atoms with E-state index in [0.717, 1.165) is 18.6 Å². The Morgan fingerprint density at radius 2 is 2.05 bits per heavy atom. The number of carbonyl (C=O) groups excluding carboxylic acids is 1. The van der Waals surface area contributed by atoms with Gasteiger partial charge in [0.15, 0.2) is 0 Å². The van der Waals surface area contributed by atoms with Gasteiger partial charge in [-0.3, -0.25) is 4.79 Å². The van der Waals surface area contributed by atoms with Crippen molar-refractivity contribution in [2.75, 3.05) is 26.4 Å². The molecule has 1 aromatic carbocycles. The van der Waals surface area contributed by atoms with Crippen LogP contribution in [0.3, 0.4) is 0 Å². The summed E-state index contributed by atoms with van der Waals surface area (Å²) in [6, 6.07) is 6.03. The standard InChI is InChI=1S/C16H23NO3/c1-12-3-4-15(11-13(12)2)20-10-7-17-16(18)14-5-8-19-9-6-14/h3-4,11,14H,5-10H2,1-2H3,(H,17,18). The van der Waals surface area contributed by atoms with Crippen molar-refractivity contribution in [3.8, 4) is 5.75 Å². The van der Waals surface area contributed by atoms with Crippen molar-refractivity contribution in [1.29, 1.82) is 0 Å². The SMILES string of the molecule is Cc1ccc(OCCNC(=O)C2CCOCC2)cc1C. The first-order chi connectivity index (χ1) is 9.66. The van der Waals surface area contributed by atoms with Crippen molar-refractivity contribution in [1.82, 2.24) is 5.32 Å². The lowest BCUT2D eigenvalue weighted by Crippen LogP contribution is -2.36. The summed E-state index contributed by atoms with van der Waals surface area (Å²) < 4.78 is 10.9. The fourth-order valence-electron chi connectivity index (χ4n) is 2.25. The van der Waals surface area contributed by atoms with Gasteiger partial charge in [0.1, 0.15) is 12.4 Å². The number of amides is 1. The van der Waals surface area contributed by atoms with Gasteiger partial charge < -0.3 is 14.8 Å². The van der Waals surface area contributed by atoms with Crippen LogP contribution in [-0.4, -0.2) is 32.3 Å². The van der Waals surface area contributed by atoms with Gasteiger partial charge in [-0.25, -0.2) is 0 Å². The summed E-state index contributed by atoms with van der Waals surface area (Å²) in [7, 11) is 0. The number of nitrogens with one attached hydrogen (secondary N) is 1. The molecule has 0 spiro atoms. The normalized spacial score (nSPS) is 15.9. The van der Waals surface area contributed by atoms with E-state index < -0.39 is 0 Å². The van der Waals surface area contributed by atoms with Crippen LogP contribution in [0.2, 0.25) is 0 Å². The monoisotopic (exact) mass is 277 g/mol. The van der Waals surface area contributed by atoms with Crippen molar-refractivity contribution >= 4 is 5.91 Å². The van der Waals surface area contributed by atoms with E-state index in [4.69, 9.17) is 9.47 Å². The van der Waals surface area contributed by atoms with Gasteiger partial charge in [-0.05, 0) is 49.9 Å². The predicted octanol–water partition coefficient (Wildman–Crippen LogP) is 2.23. The minimum atomic E-state index is 0.102. The van der Waals surface area contributed by atoms with Gasteiger partial charge in [0, 0.05) is 19.1 Å². The van der Waals surface area contributed by atoms with Gasteiger partial charge in [0.25, 0.3) is 0 Å². The van der Waals surface area contributed by atoms with Crippen LogP contribution in [0, 0.1) is 19.8 Å². The average Bonchev–Trinajstić information content (AvgIpc) is 2.48. The number of aryl methyl sites for hydroxylation is 2. The highest BCUT2D eigenvalue weighted by Crippen LogP contribution is 2.16. The summed E-state index contributed by atoms with van der Waals surface area (Å²) in [4.78, 5) is 11.9. The van der Waals surface area contributed by atoms with Crippen molar-refractivity contribution in [3.05, 3.63) is 29.3 Å². The third-order valence-electron chi connectivity index (χ3n) is 3.74. The molecule has 4 nitrogen and oxygen atoms in total. The fraction of sp³-hybridized carbons (Fsp3) is 0.562. The van der Waals surface area contributed by atoms with Crippen molar-refractivity contribution in [3.63, 3.8) is 0 Å². The van der Waals surface area contributed by atoms with E-state index in [9.17, 15) is 4.79 Å². The Balaban J connectivity index is 1.68.